The van der Waals surface area contributed by atoms with E-state index in [1.807, 2.05) is 42.7 Å². The van der Waals surface area contributed by atoms with Gasteiger partial charge < -0.3 is 5.32 Å². The number of carbonyl (C=O) groups excluding carboxylic acids is 1. The molecule has 0 radical (unpaired) electrons. The van der Waals surface area contributed by atoms with Crippen molar-refractivity contribution in [1.82, 2.24) is 25.1 Å². The van der Waals surface area contributed by atoms with Crippen molar-refractivity contribution in [2.75, 3.05) is 6.54 Å². The maximum Gasteiger partial charge on any atom is 0.271 e. The molecule has 1 amide bonds. The van der Waals surface area contributed by atoms with Crippen molar-refractivity contribution in [2.45, 2.75) is 13.8 Å². The van der Waals surface area contributed by atoms with Gasteiger partial charge in [-0.3, -0.25) is 9.36 Å². The first-order chi connectivity index (χ1) is 10.2. The SMILES string of the molecule is CCNC(=O)c1ccc(-n2c(C)nc3ccccc32)nn1. The van der Waals surface area contributed by atoms with Crippen LogP contribution in [0.3, 0.4) is 0 Å². The number of fused-ring (bicyclic) bond motifs is 1. The largest absolute Gasteiger partial charge is 0.351 e. The number of rotatable bonds is 3. The molecule has 0 saturated heterocycles. The van der Waals surface area contributed by atoms with Gasteiger partial charge in [-0.05, 0) is 38.1 Å². The summed E-state index contributed by atoms with van der Waals surface area (Å²) in [6, 6.07) is 11.3. The minimum atomic E-state index is -0.219. The fourth-order valence-corrected chi connectivity index (χ4v) is 2.25. The lowest BCUT2D eigenvalue weighted by Crippen LogP contribution is -2.24. The van der Waals surface area contributed by atoms with Crippen molar-refractivity contribution >= 4 is 16.9 Å². The van der Waals surface area contributed by atoms with E-state index in [-0.39, 0.29) is 5.91 Å². The maximum absolute atomic E-state index is 11.7. The molecular weight excluding hydrogens is 266 g/mol. The van der Waals surface area contributed by atoms with Gasteiger partial charge >= 0.3 is 0 Å². The average Bonchev–Trinajstić information content (AvgIpc) is 2.83. The Kier molecular flexibility index (Phi) is 3.35. The summed E-state index contributed by atoms with van der Waals surface area (Å²) in [4.78, 5) is 16.2. The predicted molar refractivity (Wildman–Crippen MR) is 79.4 cm³/mol. The van der Waals surface area contributed by atoms with Crippen molar-refractivity contribution in [1.29, 1.82) is 0 Å². The molecule has 1 aromatic carbocycles. The monoisotopic (exact) mass is 281 g/mol. The van der Waals surface area contributed by atoms with E-state index in [1.54, 1.807) is 12.1 Å². The molecule has 0 spiro atoms. The van der Waals surface area contributed by atoms with Gasteiger partial charge in [0, 0.05) is 6.54 Å². The molecule has 2 aromatic heterocycles. The Morgan fingerprint density at radius 1 is 1.19 bits per heavy atom. The van der Waals surface area contributed by atoms with Crippen LogP contribution in [-0.4, -0.2) is 32.2 Å². The van der Waals surface area contributed by atoms with Crippen molar-refractivity contribution in [3.8, 4) is 5.82 Å². The van der Waals surface area contributed by atoms with E-state index in [4.69, 9.17) is 0 Å². The van der Waals surface area contributed by atoms with E-state index >= 15 is 0 Å². The number of hydrogen-bond acceptors (Lipinski definition) is 4. The Morgan fingerprint density at radius 2 is 2.00 bits per heavy atom. The van der Waals surface area contributed by atoms with E-state index in [0.717, 1.165) is 16.9 Å². The molecule has 0 bridgehead atoms. The molecular formula is C15H15N5O. The molecule has 3 aromatic rings. The summed E-state index contributed by atoms with van der Waals surface area (Å²) >= 11 is 0. The summed E-state index contributed by atoms with van der Waals surface area (Å²) in [5.74, 6) is 1.26. The Labute approximate surface area is 121 Å². The standard InChI is InChI=1S/C15H15N5O/c1-3-16-15(21)12-8-9-14(19-18-12)20-10(2)17-11-6-4-5-7-13(11)20/h4-9H,3H2,1-2H3,(H,16,21). The van der Waals surface area contributed by atoms with Gasteiger partial charge in [0.1, 0.15) is 5.82 Å². The molecule has 0 unspecified atom stereocenters. The number of imidazole rings is 1. The fourth-order valence-electron chi connectivity index (χ4n) is 2.25. The van der Waals surface area contributed by atoms with Crippen LogP contribution in [0.5, 0.6) is 0 Å². The van der Waals surface area contributed by atoms with Gasteiger partial charge in [-0.2, -0.15) is 0 Å². The minimum Gasteiger partial charge on any atom is -0.351 e. The van der Waals surface area contributed by atoms with Crippen molar-refractivity contribution in [3.05, 3.63) is 47.9 Å². The highest BCUT2D eigenvalue weighted by Crippen LogP contribution is 2.19. The van der Waals surface area contributed by atoms with E-state index in [1.165, 1.54) is 0 Å². The Morgan fingerprint density at radius 3 is 2.71 bits per heavy atom. The fraction of sp³-hybridized carbons (Fsp3) is 0.200. The molecule has 0 fully saturated rings. The number of carbonyl (C=O) groups is 1. The number of aryl methyl sites for hydroxylation is 1. The van der Waals surface area contributed by atoms with Gasteiger partial charge in [0.2, 0.25) is 0 Å². The number of para-hydroxylation sites is 2. The van der Waals surface area contributed by atoms with Crippen LogP contribution in [0.1, 0.15) is 23.2 Å². The molecule has 6 nitrogen and oxygen atoms in total. The highest BCUT2D eigenvalue weighted by Gasteiger charge is 2.12. The number of benzene rings is 1. The van der Waals surface area contributed by atoms with E-state index in [2.05, 4.69) is 20.5 Å². The Hall–Kier alpha value is -2.76. The van der Waals surface area contributed by atoms with Crippen molar-refractivity contribution < 1.29 is 4.79 Å². The van der Waals surface area contributed by atoms with Crippen LogP contribution < -0.4 is 5.32 Å². The van der Waals surface area contributed by atoms with Crippen molar-refractivity contribution in [3.63, 3.8) is 0 Å². The summed E-state index contributed by atoms with van der Waals surface area (Å²) in [6.07, 6.45) is 0. The van der Waals surface area contributed by atoms with E-state index in [0.29, 0.717) is 18.1 Å². The van der Waals surface area contributed by atoms with Gasteiger partial charge in [0.15, 0.2) is 11.5 Å². The van der Waals surface area contributed by atoms with Crippen LogP contribution in [-0.2, 0) is 0 Å². The molecule has 106 valence electrons. The highest BCUT2D eigenvalue weighted by molar-refractivity contribution is 5.92. The number of amides is 1. The molecule has 2 heterocycles. The van der Waals surface area contributed by atoms with Crippen molar-refractivity contribution in [2.24, 2.45) is 0 Å². The third kappa shape index (κ3) is 2.35. The number of hydrogen-bond donors (Lipinski definition) is 1. The molecule has 0 aliphatic heterocycles. The van der Waals surface area contributed by atoms with Crippen LogP contribution in [0.25, 0.3) is 16.9 Å². The van der Waals surface area contributed by atoms with Gasteiger partial charge in [-0.1, -0.05) is 12.1 Å². The summed E-state index contributed by atoms with van der Waals surface area (Å²) in [6.45, 7) is 4.34. The van der Waals surface area contributed by atoms with Gasteiger partial charge in [0.25, 0.3) is 5.91 Å². The zero-order valence-electron chi connectivity index (χ0n) is 11.9. The third-order valence-corrected chi connectivity index (χ3v) is 3.18. The number of nitrogens with one attached hydrogen (secondary N) is 1. The first-order valence-electron chi connectivity index (χ1n) is 6.77. The number of aromatic nitrogens is 4. The second-order valence-corrected chi connectivity index (χ2v) is 4.62. The van der Waals surface area contributed by atoms with Gasteiger partial charge in [-0.25, -0.2) is 4.98 Å². The molecule has 3 rings (SSSR count). The first-order valence-corrected chi connectivity index (χ1v) is 6.77. The van der Waals surface area contributed by atoms with Crippen LogP contribution in [0.4, 0.5) is 0 Å². The smallest absolute Gasteiger partial charge is 0.271 e. The molecule has 0 aliphatic carbocycles. The lowest BCUT2D eigenvalue weighted by molar-refractivity contribution is 0.0950. The average molecular weight is 281 g/mol. The summed E-state index contributed by atoms with van der Waals surface area (Å²) in [7, 11) is 0. The third-order valence-electron chi connectivity index (χ3n) is 3.18. The van der Waals surface area contributed by atoms with Gasteiger partial charge in [-0.15, -0.1) is 10.2 Å². The van der Waals surface area contributed by atoms with Crippen LogP contribution in [0, 0.1) is 6.92 Å². The second kappa shape index (κ2) is 5.32. The van der Waals surface area contributed by atoms with Gasteiger partial charge in [0.05, 0.1) is 11.0 Å². The van der Waals surface area contributed by atoms with E-state index < -0.39 is 0 Å². The topological polar surface area (TPSA) is 72.7 Å². The number of nitrogens with zero attached hydrogens (tertiary/aromatic N) is 4. The highest BCUT2D eigenvalue weighted by atomic mass is 16.1. The Bertz CT molecular complexity index is 791. The van der Waals surface area contributed by atoms with E-state index in [9.17, 15) is 4.79 Å². The quantitative estimate of drug-likeness (QED) is 0.795. The molecule has 0 atom stereocenters. The Balaban J connectivity index is 2.03. The lowest BCUT2D eigenvalue weighted by atomic mass is 10.3. The van der Waals surface area contributed by atoms with Crippen LogP contribution in [0.15, 0.2) is 36.4 Å². The molecule has 6 heteroatoms. The summed E-state index contributed by atoms with van der Waals surface area (Å²) in [5.41, 5.74) is 2.18. The first kappa shape index (κ1) is 13.2. The van der Waals surface area contributed by atoms with Crippen LogP contribution in [0.2, 0.25) is 0 Å². The molecule has 0 saturated carbocycles. The molecule has 21 heavy (non-hydrogen) atoms. The summed E-state index contributed by atoms with van der Waals surface area (Å²) < 4.78 is 1.92. The molecule has 1 N–H and O–H groups in total. The molecule has 0 aliphatic rings. The normalized spacial score (nSPS) is 10.8. The zero-order chi connectivity index (χ0) is 14.8. The zero-order valence-corrected chi connectivity index (χ0v) is 11.9. The maximum atomic E-state index is 11.7. The second-order valence-electron chi connectivity index (χ2n) is 4.62. The predicted octanol–water partition coefficient (Wildman–Crippen LogP) is 1.87. The minimum absolute atomic E-state index is 0.219. The summed E-state index contributed by atoms with van der Waals surface area (Å²) in [5, 5.41) is 10.8. The van der Waals surface area contributed by atoms with Crippen LogP contribution >= 0.6 is 0 Å². The lowest BCUT2D eigenvalue weighted by Gasteiger charge is -2.06.